The van der Waals surface area contributed by atoms with E-state index in [1.54, 1.807) is 0 Å². The Labute approximate surface area is 88.1 Å². The third-order valence-corrected chi connectivity index (χ3v) is 2.68. The molecule has 0 spiro atoms. The summed E-state index contributed by atoms with van der Waals surface area (Å²) in [6.07, 6.45) is 0. The molecule has 1 heteroatoms. The average molecular weight is 193 g/mol. The highest BCUT2D eigenvalue weighted by Crippen LogP contribution is 2.27. The Morgan fingerprint density at radius 1 is 0.786 bits per heavy atom. The van der Waals surface area contributed by atoms with Crippen LogP contribution < -0.4 is 0 Å². The van der Waals surface area contributed by atoms with Gasteiger partial charge in [0.25, 0.3) is 0 Å². The normalized spacial score (nSPS) is 12.1. The fourth-order valence-corrected chi connectivity index (χ4v) is 2.02. The molecule has 14 heavy (non-hydrogen) atoms. The standard InChI is InChI=1S/C13H23N/c1-9(2)12-7-8-13(10(3)4)14(12)11(5)6/h7-11H,1-6H3. The highest BCUT2D eigenvalue weighted by atomic mass is 15.0. The summed E-state index contributed by atoms with van der Waals surface area (Å²) in [5, 5.41) is 0. The summed E-state index contributed by atoms with van der Waals surface area (Å²) in [6, 6.07) is 5.12. The van der Waals surface area contributed by atoms with Crippen LogP contribution >= 0.6 is 0 Å². The molecule has 0 aliphatic carbocycles. The average Bonchev–Trinajstić information content (AvgIpc) is 2.46. The Bertz CT molecular complexity index is 267. The number of rotatable bonds is 3. The van der Waals surface area contributed by atoms with Crippen LogP contribution in [0.5, 0.6) is 0 Å². The van der Waals surface area contributed by atoms with Gasteiger partial charge in [0.1, 0.15) is 0 Å². The molecule has 0 saturated carbocycles. The second-order valence-electron chi connectivity index (χ2n) is 4.96. The minimum Gasteiger partial charge on any atom is -0.346 e. The van der Waals surface area contributed by atoms with E-state index in [2.05, 4.69) is 58.2 Å². The van der Waals surface area contributed by atoms with Crippen LogP contribution in [0.15, 0.2) is 12.1 Å². The lowest BCUT2D eigenvalue weighted by Crippen LogP contribution is -2.11. The van der Waals surface area contributed by atoms with Crippen molar-refractivity contribution in [1.82, 2.24) is 4.57 Å². The van der Waals surface area contributed by atoms with Gasteiger partial charge in [-0.3, -0.25) is 0 Å². The van der Waals surface area contributed by atoms with Crippen LogP contribution in [0.25, 0.3) is 0 Å². The number of aromatic nitrogens is 1. The molecule has 1 rings (SSSR count). The Morgan fingerprint density at radius 3 is 1.36 bits per heavy atom. The first-order valence-electron chi connectivity index (χ1n) is 5.66. The van der Waals surface area contributed by atoms with Crippen LogP contribution in [0, 0.1) is 0 Å². The van der Waals surface area contributed by atoms with Gasteiger partial charge in [0.2, 0.25) is 0 Å². The molecule has 1 nitrogen and oxygen atoms in total. The number of hydrogen-bond donors (Lipinski definition) is 0. The summed E-state index contributed by atoms with van der Waals surface area (Å²) in [6.45, 7) is 13.6. The van der Waals surface area contributed by atoms with Gasteiger partial charge in [0, 0.05) is 17.4 Å². The van der Waals surface area contributed by atoms with Crippen molar-refractivity contribution in [3.63, 3.8) is 0 Å². The lowest BCUT2D eigenvalue weighted by molar-refractivity contribution is 0.526. The quantitative estimate of drug-likeness (QED) is 0.674. The van der Waals surface area contributed by atoms with Crippen molar-refractivity contribution in [2.24, 2.45) is 0 Å². The van der Waals surface area contributed by atoms with Gasteiger partial charge < -0.3 is 4.57 Å². The van der Waals surface area contributed by atoms with Crippen molar-refractivity contribution >= 4 is 0 Å². The summed E-state index contributed by atoms with van der Waals surface area (Å²) in [5.74, 6) is 1.23. The maximum atomic E-state index is 2.48. The lowest BCUT2D eigenvalue weighted by Gasteiger charge is -2.21. The van der Waals surface area contributed by atoms with Gasteiger partial charge in [-0.1, -0.05) is 27.7 Å². The molecule has 0 fully saturated rings. The molecule has 0 unspecified atom stereocenters. The number of nitrogens with zero attached hydrogens (tertiary/aromatic N) is 1. The van der Waals surface area contributed by atoms with Crippen molar-refractivity contribution < 1.29 is 0 Å². The van der Waals surface area contributed by atoms with Gasteiger partial charge in [-0.25, -0.2) is 0 Å². The van der Waals surface area contributed by atoms with Crippen LogP contribution in [0.3, 0.4) is 0 Å². The predicted molar refractivity (Wildman–Crippen MR) is 63.0 cm³/mol. The van der Waals surface area contributed by atoms with Crippen LogP contribution in [-0.2, 0) is 0 Å². The summed E-state index contributed by atoms with van der Waals surface area (Å²) in [5.41, 5.74) is 2.92. The van der Waals surface area contributed by atoms with Crippen LogP contribution in [0.2, 0.25) is 0 Å². The first-order valence-corrected chi connectivity index (χ1v) is 5.66. The smallest absolute Gasteiger partial charge is 0.0279 e. The van der Waals surface area contributed by atoms with E-state index >= 15 is 0 Å². The third-order valence-electron chi connectivity index (χ3n) is 2.68. The fourth-order valence-electron chi connectivity index (χ4n) is 2.02. The van der Waals surface area contributed by atoms with Gasteiger partial charge in [-0.05, 0) is 37.8 Å². The van der Waals surface area contributed by atoms with Crippen molar-refractivity contribution in [1.29, 1.82) is 0 Å². The molecule has 1 aromatic rings. The van der Waals surface area contributed by atoms with E-state index in [4.69, 9.17) is 0 Å². The van der Waals surface area contributed by atoms with Crippen LogP contribution in [0.4, 0.5) is 0 Å². The fraction of sp³-hybridized carbons (Fsp3) is 0.692. The van der Waals surface area contributed by atoms with E-state index in [9.17, 15) is 0 Å². The third kappa shape index (κ3) is 2.02. The van der Waals surface area contributed by atoms with Gasteiger partial charge in [0.05, 0.1) is 0 Å². The van der Waals surface area contributed by atoms with Crippen molar-refractivity contribution in [2.45, 2.75) is 59.4 Å². The molecule has 80 valence electrons. The second-order valence-corrected chi connectivity index (χ2v) is 4.96. The van der Waals surface area contributed by atoms with E-state index in [0.29, 0.717) is 17.9 Å². The predicted octanol–water partition coefficient (Wildman–Crippen LogP) is 4.32. The highest BCUT2D eigenvalue weighted by Gasteiger charge is 2.14. The minimum atomic E-state index is 0.569. The van der Waals surface area contributed by atoms with Gasteiger partial charge in [0.15, 0.2) is 0 Å². The topological polar surface area (TPSA) is 4.93 Å². The van der Waals surface area contributed by atoms with E-state index < -0.39 is 0 Å². The van der Waals surface area contributed by atoms with E-state index in [1.165, 1.54) is 11.4 Å². The molecule has 0 aromatic carbocycles. The van der Waals surface area contributed by atoms with Gasteiger partial charge in [-0.2, -0.15) is 0 Å². The van der Waals surface area contributed by atoms with Gasteiger partial charge in [-0.15, -0.1) is 0 Å². The zero-order chi connectivity index (χ0) is 10.9. The summed E-state index contributed by atoms with van der Waals surface area (Å²) >= 11 is 0. The maximum Gasteiger partial charge on any atom is 0.0279 e. The van der Waals surface area contributed by atoms with Crippen LogP contribution in [-0.4, -0.2) is 4.57 Å². The second kappa shape index (κ2) is 4.20. The molecule has 0 amide bonds. The van der Waals surface area contributed by atoms with Gasteiger partial charge >= 0.3 is 0 Å². The summed E-state index contributed by atoms with van der Waals surface area (Å²) in [4.78, 5) is 0. The van der Waals surface area contributed by atoms with Crippen molar-refractivity contribution in [2.75, 3.05) is 0 Å². The zero-order valence-corrected chi connectivity index (χ0v) is 10.3. The van der Waals surface area contributed by atoms with E-state index in [-0.39, 0.29) is 0 Å². The molecule has 1 aromatic heterocycles. The van der Waals surface area contributed by atoms with Crippen molar-refractivity contribution in [3.05, 3.63) is 23.5 Å². The zero-order valence-electron chi connectivity index (χ0n) is 10.3. The lowest BCUT2D eigenvalue weighted by atomic mass is 10.1. The molecule has 0 radical (unpaired) electrons. The molecular formula is C13H23N. The van der Waals surface area contributed by atoms with Crippen molar-refractivity contribution in [3.8, 4) is 0 Å². The maximum absolute atomic E-state index is 2.48. The summed E-state index contributed by atoms with van der Waals surface area (Å²) in [7, 11) is 0. The molecule has 0 atom stereocenters. The largest absolute Gasteiger partial charge is 0.346 e. The Hall–Kier alpha value is -0.720. The summed E-state index contributed by atoms with van der Waals surface area (Å²) < 4.78 is 2.48. The first kappa shape index (κ1) is 11.4. The molecule has 0 aliphatic rings. The van der Waals surface area contributed by atoms with Crippen LogP contribution in [0.1, 0.15) is 70.8 Å². The Kier molecular flexibility index (Phi) is 3.41. The number of hydrogen-bond acceptors (Lipinski definition) is 0. The SMILES string of the molecule is CC(C)c1ccc(C(C)C)n1C(C)C. The molecule has 0 N–H and O–H groups in total. The Balaban J connectivity index is 3.20. The molecular weight excluding hydrogens is 170 g/mol. The molecule has 1 heterocycles. The van der Waals surface area contributed by atoms with E-state index in [0.717, 1.165) is 0 Å². The molecule has 0 aliphatic heterocycles. The molecule has 0 bridgehead atoms. The van der Waals surface area contributed by atoms with E-state index in [1.807, 2.05) is 0 Å². The minimum absolute atomic E-state index is 0.569. The highest BCUT2D eigenvalue weighted by molar-refractivity contribution is 5.22. The Morgan fingerprint density at radius 2 is 1.14 bits per heavy atom. The molecule has 0 saturated heterocycles. The first-order chi connectivity index (χ1) is 6.45. The monoisotopic (exact) mass is 193 g/mol.